The molecule has 0 aliphatic carbocycles. The molecule has 280 valence electrons. The Labute approximate surface area is 347 Å². The van der Waals surface area contributed by atoms with Gasteiger partial charge in [0.1, 0.15) is 0 Å². The molecule has 0 N–H and O–H groups in total. The van der Waals surface area contributed by atoms with Crippen molar-refractivity contribution < 1.29 is 0 Å². The molecular formula is C55H35N5. The van der Waals surface area contributed by atoms with Gasteiger partial charge in [-0.05, 0) is 87.3 Å². The topological polar surface area (TPSA) is 46.8 Å². The summed E-state index contributed by atoms with van der Waals surface area (Å²) in [6.07, 6.45) is 0. The van der Waals surface area contributed by atoms with E-state index in [1.807, 2.05) is 24.3 Å². The molecule has 0 bridgehead atoms. The summed E-state index contributed by atoms with van der Waals surface area (Å²) in [6.45, 7) is 0. The van der Waals surface area contributed by atoms with Crippen molar-refractivity contribution in [3.63, 3.8) is 0 Å². The first-order valence-electron chi connectivity index (χ1n) is 20.3. The highest BCUT2D eigenvalue weighted by Gasteiger charge is 2.30. The van der Waals surface area contributed by atoms with Gasteiger partial charge in [-0.3, -0.25) is 9.47 Å². The van der Waals surface area contributed by atoms with E-state index in [1.54, 1.807) is 0 Å². The number of anilines is 3. The van der Waals surface area contributed by atoms with Crippen LogP contribution in [0.4, 0.5) is 17.3 Å². The fourth-order valence-corrected chi connectivity index (χ4v) is 8.96. The van der Waals surface area contributed by atoms with Gasteiger partial charge in [0.25, 0.3) is 0 Å². The third-order valence-corrected chi connectivity index (χ3v) is 11.7. The van der Waals surface area contributed by atoms with Crippen LogP contribution < -0.4 is 4.90 Å². The van der Waals surface area contributed by atoms with E-state index in [9.17, 15) is 0 Å². The SMILES string of the molecule is c1ccc(-c2cc(-c3cc(-c4cc5ccccc5c5ccccc45)cc(N4c5ccccc5-c5ccccc5-n5c4nc4ccccc45)c3)nc(-c3ccccc3)n2)cc1. The number of fused-ring (bicyclic) bond motifs is 10. The Morgan fingerprint density at radius 1 is 0.350 bits per heavy atom. The molecule has 0 amide bonds. The third kappa shape index (κ3) is 5.52. The predicted octanol–water partition coefficient (Wildman–Crippen LogP) is 14.2. The minimum atomic E-state index is 0.674. The van der Waals surface area contributed by atoms with E-state index in [-0.39, 0.29) is 0 Å². The minimum absolute atomic E-state index is 0.674. The average Bonchev–Trinajstić information content (AvgIpc) is 3.65. The molecule has 0 atom stereocenters. The molecule has 1 aliphatic heterocycles. The van der Waals surface area contributed by atoms with Gasteiger partial charge in [-0.15, -0.1) is 0 Å². The van der Waals surface area contributed by atoms with Crippen LogP contribution in [-0.2, 0) is 0 Å². The summed E-state index contributed by atoms with van der Waals surface area (Å²) in [6, 6.07) is 75.2. The zero-order valence-corrected chi connectivity index (χ0v) is 32.4. The summed E-state index contributed by atoms with van der Waals surface area (Å²) in [5.41, 5.74) is 14.2. The summed E-state index contributed by atoms with van der Waals surface area (Å²) < 4.78 is 2.31. The number of hydrogen-bond donors (Lipinski definition) is 0. The lowest BCUT2D eigenvalue weighted by Gasteiger charge is -2.26. The van der Waals surface area contributed by atoms with Crippen molar-refractivity contribution >= 4 is 49.9 Å². The van der Waals surface area contributed by atoms with Crippen LogP contribution in [0.2, 0.25) is 0 Å². The van der Waals surface area contributed by atoms with Crippen LogP contribution in [0.1, 0.15) is 0 Å². The molecule has 0 radical (unpaired) electrons. The van der Waals surface area contributed by atoms with E-state index in [0.717, 1.165) is 84.4 Å². The smallest absolute Gasteiger partial charge is 0.220 e. The van der Waals surface area contributed by atoms with E-state index in [1.165, 1.54) is 21.5 Å². The highest BCUT2D eigenvalue weighted by atomic mass is 15.3. The lowest BCUT2D eigenvalue weighted by Crippen LogP contribution is -2.14. The Morgan fingerprint density at radius 3 is 1.73 bits per heavy atom. The maximum absolute atomic E-state index is 5.44. The average molecular weight is 766 g/mol. The Kier molecular flexibility index (Phi) is 7.78. The molecule has 12 rings (SSSR count). The first-order valence-corrected chi connectivity index (χ1v) is 20.3. The first-order chi connectivity index (χ1) is 29.7. The van der Waals surface area contributed by atoms with E-state index in [4.69, 9.17) is 15.0 Å². The van der Waals surface area contributed by atoms with Crippen LogP contribution in [0.5, 0.6) is 0 Å². The summed E-state index contributed by atoms with van der Waals surface area (Å²) in [7, 11) is 0. The molecule has 5 heteroatoms. The Bertz CT molecular complexity index is 3390. The second kappa shape index (κ2) is 13.8. The maximum atomic E-state index is 5.44. The molecule has 0 fully saturated rings. The van der Waals surface area contributed by atoms with Gasteiger partial charge in [-0.1, -0.05) is 158 Å². The van der Waals surface area contributed by atoms with Crippen molar-refractivity contribution in [3.05, 3.63) is 212 Å². The molecule has 3 heterocycles. The minimum Gasteiger partial charge on any atom is -0.280 e. The van der Waals surface area contributed by atoms with Crippen molar-refractivity contribution in [3.8, 4) is 61.8 Å². The van der Waals surface area contributed by atoms with Gasteiger partial charge >= 0.3 is 0 Å². The first kappa shape index (κ1) is 33.9. The van der Waals surface area contributed by atoms with Gasteiger partial charge in [0.15, 0.2) is 5.82 Å². The summed E-state index contributed by atoms with van der Waals surface area (Å²) in [4.78, 5) is 18.3. The third-order valence-electron chi connectivity index (χ3n) is 11.7. The molecule has 0 unspecified atom stereocenters. The molecule has 0 saturated heterocycles. The Morgan fingerprint density at radius 2 is 0.933 bits per heavy atom. The van der Waals surface area contributed by atoms with Crippen molar-refractivity contribution in [2.24, 2.45) is 0 Å². The largest absolute Gasteiger partial charge is 0.280 e. The number of aromatic nitrogens is 4. The molecule has 60 heavy (non-hydrogen) atoms. The van der Waals surface area contributed by atoms with Crippen LogP contribution in [0, 0.1) is 0 Å². The van der Waals surface area contributed by atoms with Crippen LogP contribution >= 0.6 is 0 Å². The van der Waals surface area contributed by atoms with Crippen molar-refractivity contribution in [2.75, 3.05) is 4.90 Å². The number of imidazole rings is 1. The van der Waals surface area contributed by atoms with Gasteiger partial charge in [0.05, 0.1) is 39.5 Å². The van der Waals surface area contributed by atoms with Crippen LogP contribution in [0.15, 0.2) is 212 Å². The highest BCUT2D eigenvalue weighted by molar-refractivity contribution is 6.14. The molecule has 5 nitrogen and oxygen atoms in total. The summed E-state index contributed by atoms with van der Waals surface area (Å²) in [5, 5.41) is 4.83. The molecule has 11 aromatic rings. The summed E-state index contributed by atoms with van der Waals surface area (Å²) in [5.74, 6) is 1.49. The molecule has 2 aromatic heterocycles. The second-order valence-electron chi connectivity index (χ2n) is 15.3. The van der Waals surface area contributed by atoms with Gasteiger partial charge < -0.3 is 0 Å². The highest BCUT2D eigenvalue weighted by Crippen LogP contribution is 2.49. The molecular weight excluding hydrogens is 731 g/mol. The zero-order valence-electron chi connectivity index (χ0n) is 32.4. The Hall–Kier alpha value is -8.15. The monoisotopic (exact) mass is 765 g/mol. The molecule has 0 spiro atoms. The summed E-state index contributed by atoms with van der Waals surface area (Å²) >= 11 is 0. The van der Waals surface area contributed by atoms with E-state index in [2.05, 4.69) is 198 Å². The lowest BCUT2D eigenvalue weighted by atomic mass is 9.91. The van der Waals surface area contributed by atoms with Crippen molar-refractivity contribution in [2.45, 2.75) is 0 Å². The standard InChI is InChI=1S/C55H35N5/c1-3-17-36(18-4-1)49-35-50(57-54(56-49)37-19-5-2-6-20-37)40-31-39(47-34-38-21-7-8-22-42(38)43-23-9-10-24-44(43)47)32-41(33-40)59-51-28-14-11-25-45(51)46-26-12-15-29-52(46)60-53-30-16-13-27-48(53)58-55(59)60/h1-35H. The van der Waals surface area contributed by atoms with Gasteiger partial charge in [0, 0.05) is 27.8 Å². The van der Waals surface area contributed by atoms with Gasteiger partial charge in [-0.2, -0.15) is 0 Å². The fourth-order valence-electron chi connectivity index (χ4n) is 8.96. The second-order valence-corrected chi connectivity index (χ2v) is 15.3. The van der Waals surface area contributed by atoms with E-state index in [0.29, 0.717) is 5.82 Å². The normalized spacial score (nSPS) is 12.0. The van der Waals surface area contributed by atoms with E-state index >= 15 is 0 Å². The zero-order chi connectivity index (χ0) is 39.6. The van der Waals surface area contributed by atoms with Gasteiger partial charge in [-0.25, -0.2) is 15.0 Å². The Balaban J connectivity index is 1.19. The molecule has 1 aliphatic rings. The lowest BCUT2D eigenvalue weighted by molar-refractivity contribution is 1.05. The van der Waals surface area contributed by atoms with Crippen LogP contribution in [0.25, 0.3) is 94.4 Å². The number of benzene rings is 9. The van der Waals surface area contributed by atoms with Crippen molar-refractivity contribution in [1.82, 2.24) is 19.5 Å². The van der Waals surface area contributed by atoms with Gasteiger partial charge in [0.2, 0.25) is 5.95 Å². The van der Waals surface area contributed by atoms with E-state index < -0.39 is 0 Å². The maximum Gasteiger partial charge on any atom is 0.220 e. The number of rotatable bonds is 5. The fraction of sp³-hybridized carbons (Fsp3) is 0. The van der Waals surface area contributed by atoms with Crippen LogP contribution in [-0.4, -0.2) is 19.5 Å². The van der Waals surface area contributed by atoms with Crippen LogP contribution in [0.3, 0.4) is 0 Å². The van der Waals surface area contributed by atoms with Crippen molar-refractivity contribution in [1.29, 1.82) is 0 Å². The quantitative estimate of drug-likeness (QED) is 0.164. The number of para-hydroxylation sites is 4. The number of hydrogen-bond acceptors (Lipinski definition) is 4. The molecule has 9 aromatic carbocycles. The number of nitrogens with zero attached hydrogens (tertiary/aromatic N) is 5. The predicted molar refractivity (Wildman–Crippen MR) is 247 cm³/mol. The molecule has 0 saturated carbocycles.